The van der Waals surface area contributed by atoms with Crippen molar-refractivity contribution in [3.05, 3.63) is 34.4 Å². The third kappa shape index (κ3) is 2.57. The monoisotopic (exact) mass is 234 g/mol. The minimum atomic E-state index is -0.297. The van der Waals surface area contributed by atoms with Gasteiger partial charge in [0.2, 0.25) is 0 Å². The van der Waals surface area contributed by atoms with Crippen LogP contribution in [0.25, 0.3) is 0 Å². The zero-order valence-electron chi connectivity index (χ0n) is 10.1. The first-order valence-corrected chi connectivity index (χ1v) is 6.16. The number of anilines is 1. The van der Waals surface area contributed by atoms with Crippen LogP contribution < -0.4 is 4.90 Å². The second kappa shape index (κ2) is 5.17. The quantitative estimate of drug-likeness (QED) is 0.595. The summed E-state index contributed by atoms with van der Waals surface area (Å²) in [5.41, 5.74) is 0.949. The molecule has 0 unspecified atom stereocenters. The van der Waals surface area contributed by atoms with Crippen molar-refractivity contribution >= 4 is 11.4 Å². The molecule has 92 valence electrons. The second-order valence-electron chi connectivity index (χ2n) is 4.65. The second-order valence-corrected chi connectivity index (χ2v) is 4.65. The Hall–Kier alpha value is -1.58. The van der Waals surface area contributed by atoms with Crippen LogP contribution in [0.2, 0.25) is 0 Å². The van der Waals surface area contributed by atoms with Crippen molar-refractivity contribution in [2.75, 3.05) is 11.9 Å². The van der Waals surface area contributed by atoms with E-state index in [1.807, 2.05) is 19.2 Å². The zero-order valence-corrected chi connectivity index (χ0v) is 10.1. The average molecular weight is 234 g/mol. The molecule has 1 aliphatic carbocycles. The number of rotatable bonds is 3. The Labute approximate surface area is 101 Å². The molecule has 0 heterocycles. The molecule has 0 N–H and O–H groups in total. The Kier molecular flexibility index (Phi) is 3.61. The van der Waals surface area contributed by atoms with Gasteiger partial charge in [0, 0.05) is 19.2 Å². The molecule has 0 aliphatic heterocycles. The van der Waals surface area contributed by atoms with Gasteiger partial charge in [-0.25, -0.2) is 0 Å². The normalized spacial score (nSPS) is 16.8. The molecule has 0 radical (unpaired) electrons. The Morgan fingerprint density at radius 2 is 1.88 bits per heavy atom. The highest BCUT2D eigenvalue weighted by atomic mass is 16.6. The van der Waals surface area contributed by atoms with E-state index < -0.39 is 0 Å². The third-order valence-corrected chi connectivity index (χ3v) is 3.58. The minimum absolute atomic E-state index is 0.209. The van der Waals surface area contributed by atoms with Crippen LogP contribution in [-0.4, -0.2) is 18.0 Å². The number of nitro benzene ring substituents is 1. The molecule has 4 nitrogen and oxygen atoms in total. The summed E-state index contributed by atoms with van der Waals surface area (Å²) in [6, 6.07) is 7.45. The molecule has 0 aromatic heterocycles. The maximum absolute atomic E-state index is 11.0. The van der Waals surface area contributed by atoms with Crippen molar-refractivity contribution in [2.24, 2.45) is 0 Å². The summed E-state index contributed by atoms with van der Waals surface area (Å²) in [6.45, 7) is 0. The molecule has 0 bridgehead atoms. The zero-order chi connectivity index (χ0) is 12.3. The first-order chi connectivity index (χ1) is 8.20. The fourth-order valence-electron chi connectivity index (χ4n) is 2.58. The summed E-state index contributed by atoms with van der Waals surface area (Å²) >= 11 is 0. The number of para-hydroxylation sites is 2. The number of hydrogen-bond donors (Lipinski definition) is 0. The summed E-state index contributed by atoms with van der Waals surface area (Å²) in [6.07, 6.45) is 6.04. The Morgan fingerprint density at radius 1 is 1.24 bits per heavy atom. The molecule has 1 saturated carbocycles. The number of hydrogen-bond acceptors (Lipinski definition) is 3. The molecular weight excluding hydrogens is 216 g/mol. The molecule has 0 amide bonds. The summed E-state index contributed by atoms with van der Waals surface area (Å²) in [4.78, 5) is 12.8. The molecule has 0 atom stereocenters. The number of nitro groups is 1. The van der Waals surface area contributed by atoms with Gasteiger partial charge in [-0.3, -0.25) is 10.1 Å². The van der Waals surface area contributed by atoms with E-state index in [1.54, 1.807) is 12.1 Å². The van der Waals surface area contributed by atoms with E-state index >= 15 is 0 Å². The van der Waals surface area contributed by atoms with Crippen LogP contribution in [-0.2, 0) is 0 Å². The van der Waals surface area contributed by atoms with Crippen LogP contribution >= 0.6 is 0 Å². The van der Waals surface area contributed by atoms with Gasteiger partial charge in [-0.05, 0) is 18.9 Å². The van der Waals surface area contributed by atoms with Crippen LogP contribution in [0.1, 0.15) is 32.1 Å². The van der Waals surface area contributed by atoms with Crippen LogP contribution in [0, 0.1) is 10.1 Å². The summed E-state index contributed by atoms with van der Waals surface area (Å²) in [5, 5.41) is 11.0. The molecule has 0 spiro atoms. The van der Waals surface area contributed by atoms with Gasteiger partial charge in [-0.1, -0.05) is 31.4 Å². The van der Waals surface area contributed by atoms with Gasteiger partial charge in [0.05, 0.1) is 4.92 Å². The van der Waals surface area contributed by atoms with Crippen LogP contribution in [0.5, 0.6) is 0 Å². The fourth-order valence-corrected chi connectivity index (χ4v) is 2.58. The van der Waals surface area contributed by atoms with Crippen LogP contribution in [0.15, 0.2) is 24.3 Å². The van der Waals surface area contributed by atoms with Gasteiger partial charge in [-0.15, -0.1) is 0 Å². The molecule has 17 heavy (non-hydrogen) atoms. The van der Waals surface area contributed by atoms with E-state index in [0.717, 1.165) is 18.5 Å². The lowest BCUT2D eigenvalue weighted by atomic mass is 9.94. The van der Waals surface area contributed by atoms with E-state index in [9.17, 15) is 10.1 Å². The topological polar surface area (TPSA) is 46.4 Å². The van der Waals surface area contributed by atoms with E-state index in [0.29, 0.717) is 6.04 Å². The Bertz CT molecular complexity index is 400. The highest BCUT2D eigenvalue weighted by molar-refractivity contribution is 5.63. The highest BCUT2D eigenvalue weighted by Crippen LogP contribution is 2.32. The molecule has 1 fully saturated rings. The van der Waals surface area contributed by atoms with Gasteiger partial charge in [0.25, 0.3) is 5.69 Å². The largest absolute Gasteiger partial charge is 0.366 e. The van der Waals surface area contributed by atoms with E-state index in [2.05, 4.69) is 4.90 Å². The molecule has 4 heteroatoms. The first kappa shape index (κ1) is 11.9. The van der Waals surface area contributed by atoms with Crippen LogP contribution in [0.4, 0.5) is 11.4 Å². The van der Waals surface area contributed by atoms with E-state index in [-0.39, 0.29) is 10.6 Å². The van der Waals surface area contributed by atoms with Crippen molar-refractivity contribution in [3.63, 3.8) is 0 Å². The average Bonchev–Trinajstić information content (AvgIpc) is 2.39. The maximum atomic E-state index is 11.0. The lowest BCUT2D eigenvalue weighted by Gasteiger charge is -2.32. The lowest BCUT2D eigenvalue weighted by molar-refractivity contribution is -0.384. The molecule has 2 rings (SSSR count). The van der Waals surface area contributed by atoms with Crippen molar-refractivity contribution in [1.29, 1.82) is 0 Å². The van der Waals surface area contributed by atoms with Crippen molar-refractivity contribution in [2.45, 2.75) is 38.1 Å². The Balaban J connectivity index is 2.23. The van der Waals surface area contributed by atoms with Crippen molar-refractivity contribution < 1.29 is 4.92 Å². The van der Waals surface area contributed by atoms with Crippen molar-refractivity contribution in [1.82, 2.24) is 0 Å². The Morgan fingerprint density at radius 3 is 2.53 bits per heavy atom. The summed E-state index contributed by atoms with van der Waals surface area (Å²) in [7, 11) is 1.97. The molecule has 1 aromatic rings. The molecular formula is C13H18N2O2. The predicted octanol–water partition coefficient (Wildman–Crippen LogP) is 3.36. The van der Waals surface area contributed by atoms with Crippen molar-refractivity contribution in [3.8, 4) is 0 Å². The van der Waals surface area contributed by atoms with E-state index in [1.165, 1.54) is 19.3 Å². The first-order valence-electron chi connectivity index (χ1n) is 6.16. The standard InChI is InChI=1S/C13H18N2O2/c1-14(11-7-3-2-4-8-11)12-9-5-6-10-13(12)15(16)17/h5-6,9-11H,2-4,7-8H2,1H3. The molecule has 1 aromatic carbocycles. The lowest BCUT2D eigenvalue weighted by Crippen LogP contribution is -2.33. The summed E-state index contributed by atoms with van der Waals surface area (Å²) in [5.74, 6) is 0. The van der Waals surface area contributed by atoms with Gasteiger partial charge in [0.1, 0.15) is 5.69 Å². The molecule has 0 saturated heterocycles. The summed E-state index contributed by atoms with van der Waals surface area (Å²) < 4.78 is 0. The minimum Gasteiger partial charge on any atom is -0.366 e. The SMILES string of the molecule is CN(c1ccccc1[N+](=O)[O-])C1CCCCC1. The van der Waals surface area contributed by atoms with Gasteiger partial charge >= 0.3 is 0 Å². The van der Waals surface area contributed by atoms with Gasteiger partial charge < -0.3 is 4.90 Å². The van der Waals surface area contributed by atoms with Gasteiger partial charge in [0.15, 0.2) is 0 Å². The van der Waals surface area contributed by atoms with Gasteiger partial charge in [-0.2, -0.15) is 0 Å². The van der Waals surface area contributed by atoms with Crippen LogP contribution in [0.3, 0.4) is 0 Å². The number of benzene rings is 1. The smallest absolute Gasteiger partial charge is 0.292 e. The predicted molar refractivity (Wildman–Crippen MR) is 68.4 cm³/mol. The highest BCUT2D eigenvalue weighted by Gasteiger charge is 2.23. The fraction of sp³-hybridized carbons (Fsp3) is 0.538. The number of nitrogens with zero attached hydrogens (tertiary/aromatic N) is 2. The molecule has 1 aliphatic rings. The third-order valence-electron chi connectivity index (χ3n) is 3.58. The maximum Gasteiger partial charge on any atom is 0.292 e. The van der Waals surface area contributed by atoms with E-state index in [4.69, 9.17) is 0 Å².